The molecule has 0 amide bonds. The lowest BCUT2D eigenvalue weighted by Crippen LogP contribution is -2.77. The SMILES string of the molecule is C=C(C)C[NH2+][CH2-]. The highest BCUT2D eigenvalue weighted by Crippen LogP contribution is 1.73. The zero-order chi connectivity index (χ0) is 4.99. The molecule has 0 heterocycles. The molecule has 0 aliphatic rings. The molecule has 0 unspecified atom stereocenters. The molecule has 0 bridgehead atoms. The van der Waals surface area contributed by atoms with Crippen molar-refractivity contribution in [3.63, 3.8) is 0 Å². The quantitative estimate of drug-likeness (QED) is 0.357. The van der Waals surface area contributed by atoms with Crippen molar-refractivity contribution in [3.8, 4) is 0 Å². The summed E-state index contributed by atoms with van der Waals surface area (Å²) in [5, 5.41) is 1.85. The molecule has 0 atom stereocenters. The molecule has 0 spiro atoms. The van der Waals surface area contributed by atoms with Crippen molar-refractivity contribution in [2.45, 2.75) is 6.92 Å². The normalized spacial score (nSPS) is 8.33. The van der Waals surface area contributed by atoms with Crippen molar-refractivity contribution < 1.29 is 5.32 Å². The van der Waals surface area contributed by atoms with Crippen molar-refractivity contribution in [1.82, 2.24) is 0 Å². The summed E-state index contributed by atoms with van der Waals surface area (Å²) in [7, 11) is 3.54. The van der Waals surface area contributed by atoms with Gasteiger partial charge in [0, 0.05) is 0 Å². The van der Waals surface area contributed by atoms with Crippen LogP contribution >= 0.6 is 0 Å². The molecule has 1 heteroatoms. The van der Waals surface area contributed by atoms with Crippen LogP contribution in [0.3, 0.4) is 0 Å². The maximum atomic E-state index is 3.67. The summed E-state index contributed by atoms with van der Waals surface area (Å²) in [6, 6.07) is 0. The van der Waals surface area contributed by atoms with Crippen LogP contribution in [0, 0.1) is 7.05 Å². The molecule has 0 radical (unpaired) electrons. The fourth-order valence-electron chi connectivity index (χ4n) is 0.246. The second-order valence-corrected chi connectivity index (χ2v) is 1.45. The fraction of sp³-hybridized carbons (Fsp3) is 0.400. The Hall–Kier alpha value is -0.300. The Bertz CT molecular complexity index is 47.9. The first-order chi connectivity index (χ1) is 2.77. The molecule has 0 rings (SSSR count). The number of nitrogens with two attached hydrogens (primary N) is 1. The van der Waals surface area contributed by atoms with Crippen molar-refractivity contribution in [3.05, 3.63) is 19.2 Å². The average molecular weight is 85.1 g/mol. The Morgan fingerprint density at radius 3 is 2.50 bits per heavy atom. The third-order valence-corrected chi connectivity index (χ3v) is 0.493. The molecule has 0 saturated heterocycles. The molecule has 0 fully saturated rings. The van der Waals surface area contributed by atoms with Crippen LogP contribution in [0.1, 0.15) is 6.92 Å². The van der Waals surface area contributed by atoms with Gasteiger partial charge in [-0.05, 0) is 12.5 Å². The molecule has 0 saturated carbocycles. The Balaban J connectivity index is 2.83. The van der Waals surface area contributed by atoms with Gasteiger partial charge in [0.25, 0.3) is 0 Å². The molecule has 2 N–H and O–H groups in total. The first-order valence-corrected chi connectivity index (χ1v) is 2.02. The summed E-state index contributed by atoms with van der Waals surface area (Å²) < 4.78 is 0. The number of rotatable bonds is 2. The zero-order valence-corrected chi connectivity index (χ0v) is 4.20. The van der Waals surface area contributed by atoms with Gasteiger partial charge in [0.15, 0.2) is 0 Å². The van der Waals surface area contributed by atoms with Gasteiger partial charge in [0.05, 0.1) is 6.54 Å². The van der Waals surface area contributed by atoms with E-state index in [1.165, 1.54) is 5.57 Å². The second kappa shape index (κ2) is 2.91. The molecule has 0 aromatic heterocycles. The van der Waals surface area contributed by atoms with Crippen LogP contribution in [-0.2, 0) is 0 Å². The Labute approximate surface area is 39.1 Å². The summed E-state index contributed by atoms with van der Waals surface area (Å²) in [6.45, 7) is 6.61. The van der Waals surface area contributed by atoms with Crippen LogP contribution in [0.2, 0.25) is 0 Å². The van der Waals surface area contributed by atoms with Crippen LogP contribution in [0.5, 0.6) is 0 Å². The molecule has 36 valence electrons. The molecule has 1 nitrogen and oxygen atoms in total. The predicted molar refractivity (Wildman–Crippen MR) is 27.0 cm³/mol. The van der Waals surface area contributed by atoms with Crippen LogP contribution in [0.15, 0.2) is 12.2 Å². The Kier molecular flexibility index (Phi) is 2.77. The molecular weight excluding hydrogens is 74.1 g/mol. The highest BCUT2D eigenvalue weighted by molar-refractivity contribution is 4.85. The van der Waals surface area contributed by atoms with E-state index in [4.69, 9.17) is 0 Å². The number of hydrogen-bond acceptors (Lipinski definition) is 0. The van der Waals surface area contributed by atoms with E-state index in [1.807, 2.05) is 12.2 Å². The maximum Gasteiger partial charge on any atom is 0.0726 e. The van der Waals surface area contributed by atoms with E-state index in [2.05, 4.69) is 13.6 Å². The van der Waals surface area contributed by atoms with E-state index >= 15 is 0 Å². The van der Waals surface area contributed by atoms with Crippen molar-refractivity contribution in [1.29, 1.82) is 0 Å². The van der Waals surface area contributed by atoms with E-state index in [0.717, 1.165) is 6.54 Å². The highest BCUT2D eigenvalue weighted by atomic mass is 14.8. The van der Waals surface area contributed by atoms with E-state index < -0.39 is 0 Å². The molecule has 6 heavy (non-hydrogen) atoms. The Morgan fingerprint density at radius 2 is 2.50 bits per heavy atom. The van der Waals surface area contributed by atoms with Crippen molar-refractivity contribution in [2.75, 3.05) is 6.54 Å². The topological polar surface area (TPSA) is 16.6 Å². The second-order valence-electron chi connectivity index (χ2n) is 1.45. The van der Waals surface area contributed by atoms with Gasteiger partial charge in [0.1, 0.15) is 0 Å². The minimum Gasteiger partial charge on any atom is -0.475 e. The summed E-state index contributed by atoms with van der Waals surface area (Å²) in [5.41, 5.74) is 1.17. The van der Waals surface area contributed by atoms with Gasteiger partial charge in [-0.25, -0.2) is 0 Å². The van der Waals surface area contributed by atoms with Gasteiger partial charge in [-0.3, -0.25) is 0 Å². The van der Waals surface area contributed by atoms with Crippen molar-refractivity contribution >= 4 is 0 Å². The molecule has 0 aromatic rings. The third kappa shape index (κ3) is 3.70. The number of quaternary nitrogens is 1. The Morgan fingerprint density at radius 1 is 2.00 bits per heavy atom. The van der Waals surface area contributed by atoms with Crippen LogP contribution in [0.25, 0.3) is 0 Å². The van der Waals surface area contributed by atoms with E-state index in [1.54, 1.807) is 0 Å². The van der Waals surface area contributed by atoms with E-state index in [-0.39, 0.29) is 0 Å². The van der Waals surface area contributed by atoms with E-state index in [0.29, 0.717) is 0 Å². The zero-order valence-electron chi connectivity index (χ0n) is 4.20. The van der Waals surface area contributed by atoms with E-state index in [9.17, 15) is 0 Å². The summed E-state index contributed by atoms with van der Waals surface area (Å²) in [6.07, 6.45) is 0. The van der Waals surface area contributed by atoms with Crippen molar-refractivity contribution in [2.24, 2.45) is 0 Å². The summed E-state index contributed by atoms with van der Waals surface area (Å²) >= 11 is 0. The average Bonchev–Trinajstić information content (AvgIpc) is 1.35. The van der Waals surface area contributed by atoms with Gasteiger partial charge in [-0.15, -0.1) is 0 Å². The van der Waals surface area contributed by atoms with Gasteiger partial charge in [-0.1, -0.05) is 6.58 Å². The molecule has 0 aliphatic heterocycles. The minimum atomic E-state index is 0.944. The van der Waals surface area contributed by atoms with Crippen LogP contribution in [-0.4, -0.2) is 6.54 Å². The monoisotopic (exact) mass is 85.1 g/mol. The first kappa shape index (κ1) is 5.70. The maximum absolute atomic E-state index is 3.67. The lowest BCUT2D eigenvalue weighted by atomic mass is 10.4. The molecule has 0 aliphatic carbocycles. The fourth-order valence-corrected chi connectivity index (χ4v) is 0.246. The molecular formula is C5H11N. The van der Waals surface area contributed by atoms with Gasteiger partial charge >= 0.3 is 0 Å². The lowest BCUT2D eigenvalue weighted by Gasteiger charge is -1.94. The summed E-state index contributed by atoms with van der Waals surface area (Å²) in [4.78, 5) is 0. The standard InChI is InChI=1S/C5H11N/c1-5(2)4-6-3/h1,3-4,6H2,2H3. The summed E-state index contributed by atoms with van der Waals surface area (Å²) in [5.74, 6) is 0. The largest absolute Gasteiger partial charge is 0.475 e. The van der Waals surface area contributed by atoms with Crippen LogP contribution in [0.4, 0.5) is 0 Å². The van der Waals surface area contributed by atoms with Gasteiger partial charge in [0.2, 0.25) is 0 Å². The van der Waals surface area contributed by atoms with Gasteiger partial charge < -0.3 is 5.32 Å². The first-order valence-electron chi connectivity index (χ1n) is 2.02. The minimum absolute atomic E-state index is 0.944. The molecule has 0 aromatic carbocycles. The third-order valence-electron chi connectivity index (χ3n) is 0.493. The number of hydrogen-bond donors (Lipinski definition) is 1. The predicted octanol–water partition coefficient (Wildman–Crippen LogP) is -0.0825. The lowest BCUT2D eigenvalue weighted by molar-refractivity contribution is -0.587. The van der Waals surface area contributed by atoms with Gasteiger partial charge in [-0.2, -0.15) is 7.05 Å². The highest BCUT2D eigenvalue weighted by Gasteiger charge is 1.74. The van der Waals surface area contributed by atoms with Crippen LogP contribution < -0.4 is 5.32 Å². The smallest absolute Gasteiger partial charge is 0.0726 e.